The average molecular weight is 246 g/mol. The molecule has 0 aromatic carbocycles. The monoisotopic (exact) mass is 246 g/mol. The number of rotatable bonds is 1. The summed E-state index contributed by atoms with van der Waals surface area (Å²) in [5, 5.41) is 8.26. The maximum atomic E-state index is 12.4. The summed E-state index contributed by atoms with van der Waals surface area (Å²) >= 11 is 0. The Bertz CT molecular complexity index is 551. The zero-order valence-electron chi connectivity index (χ0n) is 8.13. The summed E-state index contributed by atoms with van der Waals surface area (Å²) in [5.41, 5.74) is -3.38. The summed E-state index contributed by atoms with van der Waals surface area (Å²) < 4.78 is 37.2. The van der Waals surface area contributed by atoms with Gasteiger partial charge < -0.3 is 10.1 Å². The van der Waals surface area contributed by atoms with Gasteiger partial charge in [-0.2, -0.15) is 13.2 Å². The first kappa shape index (κ1) is 12.8. The Labute approximate surface area is 92.3 Å². The van der Waals surface area contributed by atoms with E-state index in [9.17, 15) is 22.8 Å². The predicted octanol–water partition coefficient (Wildman–Crippen LogP) is 0.615. The largest absolute Gasteiger partial charge is 0.481 e. The summed E-state index contributed by atoms with van der Waals surface area (Å²) in [5.74, 6) is 2.51. The van der Waals surface area contributed by atoms with Crippen molar-refractivity contribution in [2.45, 2.75) is 12.6 Å². The molecule has 8 heteroatoms. The lowest BCUT2D eigenvalue weighted by molar-refractivity contribution is -0.141. The van der Waals surface area contributed by atoms with Crippen LogP contribution >= 0.6 is 0 Å². The van der Waals surface area contributed by atoms with Crippen molar-refractivity contribution in [2.24, 2.45) is 0 Å². The van der Waals surface area contributed by atoms with Crippen molar-refractivity contribution < 1.29 is 23.1 Å². The minimum atomic E-state index is -4.82. The molecule has 1 aromatic rings. The fraction of sp³-hybridized carbons (Fsp3) is 0.222. The van der Waals surface area contributed by atoms with Gasteiger partial charge in [-0.15, -0.1) is 0 Å². The van der Waals surface area contributed by atoms with Crippen molar-refractivity contribution in [2.75, 3.05) is 0 Å². The Hall–Kier alpha value is -2.30. The van der Waals surface area contributed by atoms with E-state index in [1.54, 1.807) is 0 Å². The molecule has 0 aliphatic rings. The minimum Gasteiger partial charge on any atom is -0.481 e. The zero-order valence-corrected chi connectivity index (χ0v) is 8.13. The van der Waals surface area contributed by atoms with Crippen LogP contribution in [-0.2, 0) is 11.0 Å². The molecule has 0 bridgehead atoms. The minimum absolute atomic E-state index is 0.605. The fourth-order valence-corrected chi connectivity index (χ4v) is 0.939. The molecular formula is C9H5F3N2O3. The molecule has 5 nitrogen and oxygen atoms in total. The molecule has 0 aliphatic carbocycles. The van der Waals surface area contributed by atoms with Crippen LogP contribution < -0.4 is 5.56 Å². The number of hydrogen-bond acceptors (Lipinski definition) is 3. The van der Waals surface area contributed by atoms with Crippen molar-refractivity contribution in [1.82, 2.24) is 9.97 Å². The maximum Gasteiger partial charge on any atom is 0.434 e. The van der Waals surface area contributed by atoms with Gasteiger partial charge in [-0.25, -0.2) is 4.98 Å². The highest BCUT2D eigenvalue weighted by Crippen LogP contribution is 2.28. The van der Waals surface area contributed by atoms with Crippen LogP contribution in [0.3, 0.4) is 0 Å². The molecule has 1 aromatic heterocycles. The average Bonchev–Trinajstić information content (AvgIpc) is 2.18. The number of carboxylic acid groups (broad SMARTS) is 1. The molecule has 0 amide bonds. The highest BCUT2D eigenvalue weighted by molar-refractivity contribution is 5.70. The van der Waals surface area contributed by atoms with Crippen LogP contribution in [0, 0.1) is 11.8 Å². The van der Waals surface area contributed by atoms with Crippen LogP contribution in [0.2, 0.25) is 0 Å². The first-order chi connectivity index (χ1) is 7.82. The van der Waals surface area contributed by atoms with E-state index in [0.717, 1.165) is 0 Å². The number of hydrogen-bond donors (Lipinski definition) is 2. The lowest BCUT2D eigenvalue weighted by Gasteiger charge is -2.05. The van der Waals surface area contributed by atoms with E-state index < -0.39 is 35.4 Å². The molecule has 0 saturated carbocycles. The van der Waals surface area contributed by atoms with E-state index in [-0.39, 0.29) is 0 Å². The second kappa shape index (κ2) is 4.69. The van der Waals surface area contributed by atoms with Crippen molar-refractivity contribution in [1.29, 1.82) is 0 Å². The fourth-order valence-electron chi connectivity index (χ4n) is 0.939. The second-order valence-electron chi connectivity index (χ2n) is 2.83. The van der Waals surface area contributed by atoms with Crippen molar-refractivity contribution >= 4 is 5.97 Å². The highest BCUT2D eigenvalue weighted by Gasteiger charge is 2.36. The van der Waals surface area contributed by atoms with E-state index in [2.05, 4.69) is 4.98 Å². The smallest absolute Gasteiger partial charge is 0.434 e. The lowest BCUT2D eigenvalue weighted by atomic mass is 10.2. The highest BCUT2D eigenvalue weighted by atomic mass is 19.4. The van der Waals surface area contributed by atoms with E-state index >= 15 is 0 Å². The quantitative estimate of drug-likeness (QED) is 0.711. The number of carbonyl (C=O) groups is 1. The number of carboxylic acids is 1. The number of alkyl halides is 3. The Morgan fingerprint density at radius 2 is 2.18 bits per heavy atom. The third kappa shape index (κ3) is 3.34. The molecule has 0 unspecified atom stereocenters. The summed E-state index contributed by atoms with van der Waals surface area (Å²) in [7, 11) is 0. The van der Waals surface area contributed by atoms with Crippen molar-refractivity contribution in [3.8, 4) is 11.8 Å². The van der Waals surface area contributed by atoms with Gasteiger partial charge >= 0.3 is 12.1 Å². The molecule has 17 heavy (non-hydrogen) atoms. The molecule has 0 radical (unpaired) electrons. The number of nitrogens with one attached hydrogen (secondary N) is 1. The third-order valence-electron chi connectivity index (χ3n) is 1.57. The van der Waals surface area contributed by atoms with Crippen LogP contribution in [0.5, 0.6) is 0 Å². The Morgan fingerprint density at radius 1 is 1.53 bits per heavy atom. The zero-order chi connectivity index (χ0) is 13.1. The molecule has 90 valence electrons. The summed E-state index contributed by atoms with van der Waals surface area (Å²) in [6.07, 6.45) is -4.87. The molecule has 0 aliphatic heterocycles. The topological polar surface area (TPSA) is 83.0 Å². The maximum absolute atomic E-state index is 12.4. The molecule has 0 saturated heterocycles. The van der Waals surface area contributed by atoms with Gasteiger partial charge in [-0.1, -0.05) is 11.8 Å². The number of aromatic nitrogens is 2. The third-order valence-corrected chi connectivity index (χ3v) is 1.57. The Balaban J connectivity index is 3.25. The summed E-state index contributed by atoms with van der Waals surface area (Å²) in [4.78, 5) is 26.2. The summed E-state index contributed by atoms with van der Waals surface area (Å²) in [6.45, 7) is 0. The van der Waals surface area contributed by atoms with E-state index in [0.29, 0.717) is 6.33 Å². The van der Waals surface area contributed by atoms with Gasteiger partial charge in [0.05, 0.1) is 6.33 Å². The SMILES string of the molecule is O=C(O)CC#Cc1c(C(F)(F)F)nc[nH]c1=O. The number of H-pyrrole nitrogens is 1. The normalized spacial score (nSPS) is 10.5. The van der Waals surface area contributed by atoms with Crippen LogP contribution in [0.1, 0.15) is 17.7 Å². The van der Waals surface area contributed by atoms with Crippen LogP contribution in [0.25, 0.3) is 0 Å². The molecule has 1 heterocycles. The molecular weight excluding hydrogens is 241 g/mol. The van der Waals surface area contributed by atoms with Crippen LogP contribution in [-0.4, -0.2) is 21.0 Å². The van der Waals surface area contributed by atoms with Gasteiger partial charge in [0, 0.05) is 0 Å². The standard InChI is InChI=1S/C9H5F3N2O3/c10-9(11,12)7-5(2-1-3-6(15)16)8(17)14-4-13-7/h4H,3H2,(H,15,16)(H,13,14,17). The summed E-state index contributed by atoms with van der Waals surface area (Å²) in [6, 6.07) is 0. The lowest BCUT2D eigenvalue weighted by Crippen LogP contribution is -2.20. The second-order valence-corrected chi connectivity index (χ2v) is 2.83. The number of nitrogens with zero attached hydrogens (tertiary/aromatic N) is 1. The van der Waals surface area contributed by atoms with Gasteiger partial charge in [0.2, 0.25) is 0 Å². The molecule has 0 atom stereocenters. The van der Waals surface area contributed by atoms with Crippen molar-refractivity contribution in [3.63, 3.8) is 0 Å². The van der Waals surface area contributed by atoms with E-state index in [1.165, 1.54) is 0 Å². The number of aromatic amines is 1. The van der Waals surface area contributed by atoms with Gasteiger partial charge in [0.15, 0.2) is 5.69 Å². The predicted molar refractivity (Wildman–Crippen MR) is 49.0 cm³/mol. The van der Waals surface area contributed by atoms with Crippen LogP contribution in [0.4, 0.5) is 13.2 Å². The van der Waals surface area contributed by atoms with Gasteiger partial charge in [-0.3, -0.25) is 9.59 Å². The first-order valence-electron chi connectivity index (χ1n) is 4.18. The number of aliphatic carboxylic acids is 1. The van der Waals surface area contributed by atoms with Crippen molar-refractivity contribution in [3.05, 3.63) is 27.9 Å². The van der Waals surface area contributed by atoms with Gasteiger partial charge in [0.1, 0.15) is 12.0 Å². The van der Waals surface area contributed by atoms with Gasteiger partial charge in [-0.05, 0) is 0 Å². The van der Waals surface area contributed by atoms with Gasteiger partial charge in [0.25, 0.3) is 5.56 Å². The molecule has 1 rings (SSSR count). The van der Waals surface area contributed by atoms with Crippen LogP contribution in [0.15, 0.2) is 11.1 Å². The molecule has 2 N–H and O–H groups in total. The Kier molecular flexibility index (Phi) is 3.52. The van der Waals surface area contributed by atoms with E-state index in [1.807, 2.05) is 16.8 Å². The first-order valence-corrected chi connectivity index (χ1v) is 4.18. The molecule has 0 fully saturated rings. The number of halogens is 3. The Morgan fingerprint density at radius 3 is 2.71 bits per heavy atom. The van der Waals surface area contributed by atoms with E-state index in [4.69, 9.17) is 5.11 Å². The molecule has 0 spiro atoms.